The van der Waals surface area contributed by atoms with Crippen molar-refractivity contribution in [2.75, 3.05) is 34.2 Å². The number of amides is 2. The minimum atomic E-state index is -0.299. The standard InChI is InChI=1S/C19H16ClN5O3/c1-24-15-7-4-13(20)10-16(15)25(11-18(24)26)22-14-5-2-12(3-6-14)19(27)21-17-8-9-28-23-17/h2-10,22H,11H2,1H3,(H,21,23,27). The van der Waals surface area contributed by atoms with Gasteiger partial charge in [-0.3, -0.25) is 20.0 Å². The highest BCUT2D eigenvalue weighted by Crippen LogP contribution is 2.35. The molecule has 2 heterocycles. The van der Waals surface area contributed by atoms with Crippen molar-refractivity contribution in [1.29, 1.82) is 0 Å². The maximum atomic E-state index is 12.3. The third-order valence-corrected chi connectivity index (χ3v) is 4.58. The van der Waals surface area contributed by atoms with Gasteiger partial charge >= 0.3 is 0 Å². The van der Waals surface area contributed by atoms with Crippen LogP contribution in [0.25, 0.3) is 0 Å². The molecule has 0 fully saturated rings. The van der Waals surface area contributed by atoms with E-state index in [1.807, 2.05) is 0 Å². The van der Waals surface area contributed by atoms with Gasteiger partial charge in [-0.1, -0.05) is 16.8 Å². The Bertz CT molecular complexity index is 1020. The number of hydrazine groups is 1. The Morgan fingerprint density at radius 1 is 1.14 bits per heavy atom. The molecule has 0 atom stereocenters. The van der Waals surface area contributed by atoms with Gasteiger partial charge in [0.15, 0.2) is 5.82 Å². The molecule has 2 N–H and O–H groups in total. The van der Waals surface area contributed by atoms with Crippen molar-refractivity contribution in [1.82, 2.24) is 5.16 Å². The summed E-state index contributed by atoms with van der Waals surface area (Å²) in [6.07, 6.45) is 1.38. The normalized spacial score (nSPS) is 13.3. The van der Waals surface area contributed by atoms with Crippen LogP contribution < -0.4 is 20.7 Å². The second-order valence-electron chi connectivity index (χ2n) is 6.20. The Balaban J connectivity index is 1.52. The van der Waals surface area contributed by atoms with Gasteiger partial charge in [-0.05, 0) is 42.5 Å². The van der Waals surface area contributed by atoms with Crippen molar-refractivity contribution in [3.63, 3.8) is 0 Å². The molecule has 4 rings (SSSR count). The van der Waals surface area contributed by atoms with Crippen molar-refractivity contribution < 1.29 is 14.1 Å². The van der Waals surface area contributed by atoms with Crippen LogP contribution in [-0.4, -0.2) is 30.6 Å². The van der Waals surface area contributed by atoms with Gasteiger partial charge in [0.25, 0.3) is 5.91 Å². The van der Waals surface area contributed by atoms with Gasteiger partial charge in [-0.15, -0.1) is 0 Å². The monoisotopic (exact) mass is 397 g/mol. The summed E-state index contributed by atoms with van der Waals surface area (Å²) in [4.78, 5) is 26.1. The van der Waals surface area contributed by atoms with E-state index in [1.54, 1.807) is 65.5 Å². The number of nitrogens with one attached hydrogen (secondary N) is 2. The summed E-state index contributed by atoms with van der Waals surface area (Å²) in [5.74, 6) is -0.00470. The number of carbonyl (C=O) groups excluding carboxylic acids is 2. The summed E-state index contributed by atoms with van der Waals surface area (Å²) in [6, 6.07) is 13.8. The summed E-state index contributed by atoms with van der Waals surface area (Å²) in [7, 11) is 1.73. The van der Waals surface area contributed by atoms with E-state index in [0.29, 0.717) is 16.4 Å². The fourth-order valence-electron chi connectivity index (χ4n) is 2.87. The molecule has 0 aliphatic carbocycles. The molecule has 142 valence electrons. The third kappa shape index (κ3) is 3.49. The average molecular weight is 398 g/mol. The number of hydrogen-bond acceptors (Lipinski definition) is 6. The van der Waals surface area contributed by atoms with Crippen LogP contribution in [0, 0.1) is 0 Å². The quantitative estimate of drug-likeness (QED) is 0.701. The first-order valence-corrected chi connectivity index (χ1v) is 8.81. The lowest BCUT2D eigenvalue weighted by Crippen LogP contribution is -2.46. The molecule has 0 bridgehead atoms. The molecule has 8 nitrogen and oxygen atoms in total. The summed E-state index contributed by atoms with van der Waals surface area (Å²) < 4.78 is 4.69. The number of hydrogen-bond donors (Lipinski definition) is 2. The highest BCUT2D eigenvalue weighted by molar-refractivity contribution is 6.31. The van der Waals surface area contributed by atoms with Crippen LogP contribution in [0.15, 0.2) is 59.3 Å². The van der Waals surface area contributed by atoms with E-state index in [9.17, 15) is 9.59 Å². The summed E-state index contributed by atoms with van der Waals surface area (Å²) >= 11 is 6.13. The maximum absolute atomic E-state index is 12.3. The summed E-state index contributed by atoms with van der Waals surface area (Å²) in [6.45, 7) is 0.151. The highest BCUT2D eigenvalue weighted by Gasteiger charge is 2.27. The second-order valence-corrected chi connectivity index (χ2v) is 6.64. The zero-order valence-corrected chi connectivity index (χ0v) is 15.6. The molecule has 0 saturated carbocycles. The predicted molar refractivity (Wildman–Crippen MR) is 107 cm³/mol. The van der Waals surface area contributed by atoms with Crippen LogP contribution in [0.3, 0.4) is 0 Å². The van der Waals surface area contributed by atoms with Crippen LogP contribution >= 0.6 is 11.6 Å². The van der Waals surface area contributed by atoms with Gasteiger partial charge in [-0.2, -0.15) is 0 Å². The molecular weight excluding hydrogens is 382 g/mol. The number of rotatable bonds is 4. The predicted octanol–water partition coefficient (Wildman–Crippen LogP) is 3.39. The molecule has 1 aliphatic rings. The lowest BCUT2D eigenvalue weighted by atomic mass is 10.2. The molecule has 2 aromatic carbocycles. The molecule has 9 heteroatoms. The summed E-state index contributed by atoms with van der Waals surface area (Å²) in [5.41, 5.74) is 5.94. The Morgan fingerprint density at radius 3 is 2.64 bits per heavy atom. The molecule has 1 aromatic heterocycles. The Morgan fingerprint density at radius 2 is 1.93 bits per heavy atom. The van der Waals surface area contributed by atoms with Crippen molar-refractivity contribution in [2.24, 2.45) is 0 Å². The van der Waals surface area contributed by atoms with E-state index < -0.39 is 0 Å². The Labute approximate surface area is 165 Å². The van der Waals surface area contributed by atoms with Gasteiger partial charge in [0.05, 0.1) is 17.1 Å². The third-order valence-electron chi connectivity index (χ3n) is 4.35. The average Bonchev–Trinajstić information content (AvgIpc) is 3.19. The number of benzene rings is 2. The number of fused-ring (bicyclic) bond motifs is 1. The van der Waals surface area contributed by atoms with Crippen molar-refractivity contribution >= 4 is 46.3 Å². The lowest BCUT2D eigenvalue weighted by Gasteiger charge is -2.36. The minimum Gasteiger partial charge on any atom is -0.363 e. The summed E-state index contributed by atoms with van der Waals surface area (Å²) in [5, 5.41) is 8.58. The van der Waals surface area contributed by atoms with Gasteiger partial charge < -0.3 is 14.7 Å². The zero-order chi connectivity index (χ0) is 19.7. The van der Waals surface area contributed by atoms with E-state index in [2.05, 4.69) is 20.4 Å². The fourth-order valence-corrected chi connectivity index (χ4v) is 3.04. The van der Waals surface area contributed by atoms with Crippen LogP contribution in [0.5, 0.6) is 0 Å². The van der Waals surface area contributed by atoms with Gasteiger partial charge in [-0.25, -0.2) is 0 Å². The molecule has 0 unspecified atom stereocenters. The van der Waals surface area contributed by atoms with E-state index >= 15 is 0 Å². The largest absolute Gasteiger partial charge is 0.363 e. The first-order valence-electron chi connectivity index (χ1n) is 8.43. The van der Waals surface area contributed by atoms with Crippen LogP contribution in [0.2, 0.25) is 5.02 Å². The minimum absolute atomic E-state index is 0.0501. The highest BCUT2D eigenvalue weighted by atomic mass is 35.5. The topological polar surface area (TPSA) is 90.7 Å². The van der Waals surface area contributed by atoms with Crippen LogP contribution in [-0.2, 0) is 4.79 Å². The first-order chi connectivity index (χ1) is 13.5. The number of likely N-dealkylation sites (N-methyl/N-ethyl adjacent to an activating group) is 1. The molecule has 0 radical (unpaired) electrons. The van der Waals surface area contributed by atoms with E-state index in [0.717, 1.165) is 17.1 Å². The fraction of sp³-hybridized carbons (Fsp3) is 0.105. The Hall–Kier alpha value is -3.52. The van der Waals surface area contributed by atoms with Crippen molar-refractivity contribution in [3.8, 4) is 0 Å². The Kier molecular flexibility index (Phi) is 4.62. The van der Waals surface area contributed by atoms with Gasteiger partial charge in [0.2, 0.25) is 5.91 Å². The molecule has 0 spiro atoms. The van der Waals surface area contributed by atoms with Gasteiger partial charge in [0, 0.05) is 23.7 Å². The number of aromatic nitrogens is 1. The van der Waals surface area contributed by atoms with Crippen molar-refractivity contribution in [2.45, 2.75) is 0 Å². The molecular formula is C19H16ClN5O3. The lowest BCUT2D eigenvalue weighted by molar-refractivity contribution is -0.117. The number of halogens is 1. The van der Waals surface area contributed by atoms with E-state index in [1.165, 1.54) is 6.26 Å². The first kappa shape index (κ1) is 17.9. The maximum Gasteiger partial charge on any atom is 0.256 e. The van der Waals surface area contributed by atoms with Crippen molar-refractivity contribution in [3.05, 3.63) is 65.4 Å². The number of anilines is 4. The smallest absolute Gasteiger partial charge is 0.256 e. The molecule has 1 aliphatic heterocycles. The van der Waals surface area contributed by atoms with E-state index in [-0.39, 0.29) is 18.4 Å². The number of nitrogens with zero attached hydrogens (tertiary/aromatic N) is 3. The van der Waals surface area contributed by atoms with E-state index in [4.69, 9.17) is 11.6 Å². The second kappa shape index (κ2) is 7.24. The zero-order valence-electron chi connectivity index (χ0n) is 14.8. The van der Waals surface area contributed by atoms with Crippen LogP contribution in [0.4, 0.5) is 22.9 Å². The molecule has 0 saturated heterocycles. The molecule has 3 aromatic rings. The van der Waals surface area contributed by atoms with Crippen LogP contribution in [0.1, 0.15) is 10.4 Å². The SMILES string of the molecule is CN1C(=O)CN(Nc2ccc(C(=O)Nc3ccon3)cc2)c2cc(Cl)ccc21. The molecule has 2 amide bonds. The molecule has 28 heavy (non-hydrogen) atoms. The number of carbonyl (C=O) groups is 2. The van der Waals surface area contributed by atoms with Gasteiger partial charge in [0.1, 0.15) is 12.8 Å².